The molecule has 0 saturated carbocycles. The molecule has 2 saturated heterocycles. The third kappa shape index (κ3) is 4.63. The SMILES string of the molecule is O=C(O)N1CCN(Cc2ccc(C(F)(F)F)cc2N2CCC(CF)C2)CC1. The molecular weight excluding hydrogens is 366 g/mol. The lowest BCUT2D eigenvalue weighted by Gasteiger charge is -2.34. The van der Waals surface area contributed by atoms with Crippen molar-refractivity contribution in [2.45, 2.75) is 19.1 Å². The Balaban J connectivity index is 1.78. The Morgan fingerprint density at radius 2 is 1.85 bits per heavy atom. The minimum absolute atomic E-state index is 0.147. The van der Waals surface area contributed by atoms with Gasteiger partial charge in [0.05, 0.1) is 12.2 Å². The summed E-state index contributed by atoms with van der Waals surface area (Å²) in [5.41, 5.74) is 0.549. The Kier molecular flexibility index (Phi) is 5.78. The van der Waals surface area contributed by atoms with E-state index in [-0.39, 0.29) is 5.92 Å². The zero-order valence-corrected chi connectivity index (χ0v) is 14.9. The quantitative estimate of drug-likeness (QED) is 0.803. The van der Waals surface area contributed by atoms with Crippen molar-refractivity contribution in [1.82, 2.24) is 9.80 Å². The predicted molar refractivity (Wildman–Crippen MR) is 92.6 cm³/mol. The largest absolute Gasteiger partial charge is 0.465 e. The van der Waals surface area contributed by atoms with Crippen LogP contribution >= 0.6 is 0 Å². The highest BCUT2D eigenvalue weighted by Gasteiger charge is 2.33. The molecule has 9 heteroatoms. The van der Waals surface area contributed by atoms with E-state index in [4.69, 9.17) is 5.11 Å². The number of hydrogen-bond acceptors (Lipinski definition) is 3. The van der Waals surface area contributed by atoms with Gasteiger partial charge in [-0.1, -0.05) is 6.07 Å². The molecule has 1 aromatic rings. The predicted octanol–water partition coefficient (Wildman–Crippen LogP) is 3.30. The second kappa shape index (κ2) is 7.92. The van der Waals surface area contributed by atoms with E-state index in [2.05, 4.69) is 0 Å². The molecule has 150 valence electrons. The number of nitrogens with zero attached hydrogens (tertiary/aromatic N) is 3. The van der Waals surface area contributed by atoms with Crippen molar-refractivity contribution in [3.63, 3.8) is 0 Å². The van der Waals surface area contributed by atoms with Gasteiger partial charge >= 0.3 is 12.3 Å². The van der Waals surface area contributed by atoms with Gasteiger partial charge in [-0.3, -0.25) is 9.29 Å². The second-order valence-electron chi connectivity index (χ2n) is 7.14. The number of halogens is 4. The summed E-state index contributed by atoms with van der Waals surface area (Å²) in [6.07, 6.45) is -4.76. The van der Waals surface area contributed by atoms with Gasteiger partial charge in [0.2, 0.25) is 0 Å². The number of alkyl halides is 4. The number of piperazine rings is 1. The summed E-state index contributed by atoms with van der Waals surface area (Å²) in [4.78, 5) is 16.2. The fourth-order valence-electron chi connectivity index (χ4n) is 3.68. The molecule has 1 unspecified atom stereocenters. The molecule has 2 aliphatic rings. The van der Waals surface area contributed by atoms with E-state index >= 15 is 0 Å². The fourth-order valence-corrected chi connectivity index (χ4v) is 3.68. The highest BCUT2D eigenvalue weighted by Crippen LogP contribution is 2.36. The van der Waals surface area contributed by atoms with E-state index in [0.717, 1.165) is 17.7 Å². The van der Waals surface area contributed by atoms with Gasteiger partial charge in [0.25, 0.3) is 0 Å². The average Bonchev–Trinajstić information content (AvgIpc) is 3.10. The number of carbonyl (C=O) groups is 1. The van der Waals surface area contributed by atoms with Gasteiger partial charge < -0.3 is 14.9 Å². The molecule has 0 bridgehead atoms. The molecule has 2 fully saturated rings. The standard InChI is InChI=1S/C18H23F4N3O2/c19-10-13-3-4-25(11-13)16-9-15(18(20,21)22)2-1-14(16)12-23-5-7-24(8-6-23)17(26)27/h1-2,9,13H,3-8,10-12H2,(H,26,27). The van der Waals surface area contributed by atoms with Crippen LogP contribution in [0.3, 0.4) is 0 Å². The fraction of sp³-hybridized carbons (Fsp3) is 0.611. The van der Waals surface area contributed by atoms with Crippen molar-refractivity contribution in [3.8, 4) is 0 Å². The maximum Gasteiger partial charge on any atom is 0.416 e. The zero-order valence-electron chi connectivity index (χ0n) is 14.9. The van der Waals surface area contributed by atoms with Gasteiger partial charge in [0.15, 0.2) is 0 Å². The first-order chi connectivity index (χ1) is 12.8. The van der Waals surface area contributed by atoms with Gasteiger partial charge in [0, 0.05) is 57.4 Å². The normalized spacial score (nSPS) is 21.7. The first-order valence-electron chi connectivity index (χ1n) is 8.99. The molecule has 0 aliphatic carbocycles. The van der Waals surface area contributed by atoms with Crippen molar-refractivity contribution < 1.29 is 27.5 Å². The van der Waals surface area contributed by atoms with Gasteiger partial charge in [-0.2, -0.15) is 13.2 Å². The Morgan fingerprint density at radius 1 is 1.15 bits per heavy atom. The van der Waals surface area contributed by atoms with Crippen LogP contribution in [0.25, 0.3) is 0 Å². The highest BCUT2D eigenvalue weighted by molar-refractivity contribution is 5.65. The van der Waals surface area contributed by atoms with E-state index in [0.29, 0.717) is 57.9 Å². The van der Waals surface area contributed by atoms with Crippen LogP contribution in [0.2, 0.25) is 0 Å². The Bertz CT molecular complexity index is 675. The summed E-state index contributed by atoms with van der Waals surface area (Å²) < 4.78 is 52.4. The van der Waals surface area contributed by atoms with E-state index < -0.39 is 24.5 Å². The van der Waals surface area contributed by atoms with E-state index in [1.54, 1.807) is 0 Å². The third-order valence-corrected chi connectivity index (χ3v) is 5.29. The first-order valence-corrected chi connectivity index (χ1v) is 8.99. The molecule has 0 aromatic heterocycles. The van der Waals surface area contributed by atoms with Crippen LogP contribution in [-0.2, 0) is 12.7 Å². The van der Waals surface area contributed by atoms with E-state index in [1.807, 2.05) is 9.80 Å². The van der Waals surface area contributed by atoms with Crippen LogP contribution in [-0.4, -0.2) is 66.9 Å². The van der Waals surface area contributed by atoms with Gasteiger partial charge in [-0.15, -0.1) is 0 Å². The molecule has 2 aliphatic heterocycles. The molecule has 0 spiro atoms. The summed E-state index contributed by atoms with van der Waals surface area (Å²) in [5, 5.41) is 9.02. The Morgan fingerprint density at radius 3 is 2.41 bits per heavy atom. The lowest BCUT2D eigenvalue weighted by Crippen LogP contribution is -2.47. The van der Waals surface area contributed by atoms with Gasteiger partial charge in [-0.25, -0.2) is 4.79 Å². The van der Waals surface area contributed by atoms with Crippen LogP contribution in [0.5, 0.6) is 0 Å². The number of amides is 1. The number of rotatable bonds is 4. The maximum atomic E-state index is 13.2. The van der Waals surface area contributed by atoms with Crippen LogP contribution in [0.15, 0.2) is 18.2 Å². The first kappa shape index (κ1) is 19.7. The van der Waals surface area contributed by atoms with Gasteiger partial charge in [0.1, 0.15) is 0 Å². The molecule has 1 aromatic carbocycles. The summed E-state index contributed by atoms with van der Waals surface area (Å²) in [6.45, 7) is 2.73. The lowest BCUT2D eigenvalue weighted by molar-refractivity contribution is -0.137. The zero-order chi connectivity index (χ0) is 19.6. The summed E-state index contributed by atoms with van der Waals surface area (Å²) in [7, 11) is 0. The molecule has 1 N–H and O–H groups in total. The second-order valence-corrected chi connectivity index (χ2v) is 7.14. The third-order valence-electron chi connectivity index (χ3n) is 5.29. The van der Waals surface area contributed by atoms with Crippen molar-refractivity contribution in [1.29, 1.82) is 0 Å². The lowest BCUT2D eigenvalue weighted by atomic mass is 10.1. The maximum absolute atomic E-state index is 13.2. The summed E-state index contributed by atoms with van der Waals surface area (Å²) in [5.74, 6) is -0.147. The van der Waals surface area contributed by atoms with Crippen LogP contribution in [0.4, 0.5) is 28.0 Å². The highest BCUT2D eigenvalue weighted by atomic mass is 19.4. The smallest absolute Gasteiger partial charge is 0.416 e. The molecule has 5 nitrogen and oxygen atoms in total. The summed E-state index contributed by atoms with van der Waals surface area (Å²) >= 11 is 0. The van der Waals surface area contributed by atoms with E-state index in [1.165, 1.54) is 11.0 Å². The molecule has 0 radical (unpaired) electrons. The summed E-state index contributed by atoms with van der Waals surface area (Å²) in [6, 6.07) is 3.73. The molecular formula is C18H23F4N3O2. The van der Waals surface area contributed by atoms with Crippen molar-refractivity contribution in [3.05, 3.63) is 29.3 Å². The molecule has 3 rings (SSSR count). The average molecular weight is 389 g/mol. The molecule has 27 heavy (non-hydrogen) atoms. The Hall–Kier alpha value is -2.03. The van der Waals surface area contributed by atoms with Crippen molar-refractivity contribution in [2.24, 2.45) is 5.92 Å². The molecule has 1 atom stereocenters. The van der Waals surface area contributed by atoms with Crippen LogP contribution < -0.4 is 4.90 Å². The number of benzene rings is 1. The topological polar surface area (TPSA) is 47.0 Å². The minimum Gasteiger partial charge on any atom is -0.465 e. The number of hydrogen-bond donors (Lipinski definition) is 1. The van der Waals surface area contributed by atoms with Crippen molar-refractivity contribution in [2.75, 3.05) is 50.8 Å². The molecule has 1 amide bonds. The van der Waals surface area contributed by atoms with Crippen LogP contribution in [0, 0.1) is 5.92 Å². The minimum atomic E-state index is -4.43. The number of carboxylic acid groups (broad SMARTS) is 1. The van der Waals surface area contributed by atoms with Gasteiger partial charge in [-0.05, 0) is 24.1 Å². The monoisotopic (exact) mass is 389 g/mol. The van der Waals surface area contributed by atoms with Crippen molar-refractivity contribution >= 4 is 11.8 Å². The van der Waals surface area contributed by atoms with Crippen LogP contribution in [0.1, 0.15) is 17.5 Å². The van der Waals surface area contributed by atoms with E-state index in [9.17, 15) is 22.4 Å². The molecule has 2 heterocycles. The number of anilines is 1. The Labute approximate surface area is 155 Å².